The van der Waals surface area contributed by atoms with Crippen LogP contribution in [0.1, 0.15) is 53.4 Å². The summed E-state index contributed by atoms with van der Waals surface area (Å²) in [4.78, 5) is 6.32. The Balaban J connectivity index is 1.80. The van der Waals surface area contributed by atoms with Crippen LogP contribution < -0.4 is 5.32 Å². The minimum atomic E-state index is 0.506. The second-order valence-corrected chi connectivity index (χ2v) is 7.11. The van der Waals surface area contributed by atoms with E-state index < -0.39 is 0 Å². The van der Waals surface area contributed by atoms with E-state index in [0.717, 1.165) is 24.4 Å². The number of hydrogen-bond donors (Lipinski definition) is 1. The van der Waals surface area contributed by atoms with Crippen LogP contribution in [0.2, 0.25) is 5.02 Å². The smallest absolute Gasteiger partial charge is 0.0976 e. The quantitative estimate of drug-likeness (QED) is 0.858. The number of nitrogens with one attached hydrogen (secondary N) is 1. The minimum absolute atomic E-state index is 0.506. The Hall–Kier alpha value is -0.900. The zero-order valence-electron chi connectivity index (χ0n) is 12.4. The monoisotopic (exact) mass is 320 g/mol. The Kier molecular flexibility index (Phi) is 4.94. The Morgan fingerprint density at radius 3 is 3.05 bits per heavy atom. The second-order valence-electron chi connectivity index (χ2n) is 5.59. The molecule has 1 aromatic carbocycles. The fourth-order valence-corrected chi connectivity index (χ4v) is 4.31. The van der Waals surface area contributed by atoms with Gasteiger partial charge in [0, 0.05) is 22.4 Å². The highest BCUT2D eigenvalue weighted by Crippen LogP contribution is 2.35. The zero-order chi connectivity index (χ0) is 14.7. The molecule has 0 saturated carbocycles. The van der Waals surface area contributed by atoms with Crippen molar-refractivity contribution in [1.29, 1.82) is 0 Å². The molecule has 112 valence electrons. The van der Waals surface area contributed by atoms with E-state index in [1.165, 1.54) is 40.4 Å². The lowest BCUT2D eigenvalue weighted by Gasteiger charge is -2.22. The third-order valence-corrected chi connectivity index (χ3v) is 5.52. The summed E-state index contributed by atoms with van der Waals surface area (Å²) in [6.07, 6.45) is 5.62. The van der Waals surface area contributed by atoms with Gasteiger partial charge in [-0.15, -0.1) is 11.3 Å². The number of halogens is 1. The van der Waals surface area contributed by atoms with Crippen molar-refractivity contribution in [3.05, 3.63) is 50.4 Å². The van der Waals surface area contributed by atoms with Crippen LogP contribution in [0.25, 0.3) is 0 Å². The van der Waals surface area contributed by atoms with Crippen molar-refractivity contribution >= 4 is 22.9 Å². The van der Waals surface area contributed by atoms with Crippen LogP contribution in [-0.2, 0) is 12.8 Å². The summed E-state index contributed by atoms with van der Waals surface area (Å²) in [5.41, 5.74) is 2.48. The highest BCUT2D eigenvalue weighted by Gasteiger charge is 2.24. The van der Waals surface area contributed by atoms with Gasteiger partial charge >= 0.3 is 0 Å². The normalized spacial score (nSPS) is 17.7. The fraction of sp³-hybridized carbons (Fsp3) is 0.471. The molecule has 0 radical (unpaired) electrons. The standard InChI is InChI=1S/C17H21ClN2S/c1-2-10-19-14-8-5-9-15-17(14)21-16(20-15)11-12-6-3-4-7-13(12)18/h3-4,6-7,14,19H,2,5,8-11H2,1H3. The van der Waals surface area contributed by atoms with E-state index in [-0.39, 0.29) is 0 Å². The van der Waals surface area contributed by atoms with E-state index in [0.29, 0.717) is 6.04 Å². The third-order valence-electron chi connectivity index (χ3n) is 3.93. The highest BCUT2D eigenvalue weighted by molar-refractivity contribution is 7.11. The van der Waals surface area contributed by atoms with Crippen LogP contribution in [0.3, 0.4) is 0 Å². The molecule has 2 nitrogen and oxygen atoms in total. The van der Waals surface area contributed by atoms with Crippen molar-refractivity contribution in [3.8, 4) is 0 Å². The first-order chi connectivity index (χ1) is 10.3. The lowest BCUT2D eigenvalue weighted by Crippen LogP contribution is -2.24. The largest absolute Gasteiger partial charge is 0.309 e. The molecule has 0 saturated heterocycles. The summed E-state index contributed by atoms with van der Waals surface area (Å²) in [6, 6.07) is 8.57. The summed E-state index contributed by atoms with van der Waals surface area (Å²) in [6.45, 7) is 3.30. The van der Waals surface area contributed by atoms with Crippen molar-refractivity contribution in [2.45, 2.75) is 45.1 Å². The van der Waals surface area contributed by atoms with Crippen LogP contribution in [-0.4, -0.2) is 11.5 Å². The molecule has 1 unspecified atom stereocenters. The first kappa shape index (κ1) is 15.0. The number of thiazole rings is 1. The molecule has 3 rings (SSSR count). The Labute approximate surface area is 135 Å². The third kappa shape index (κ3) is 3.47. The molecular formula is C17H21ClN2S. The molecule has 0 aliphatic heterocycles. The molecule has 0 bridgehead atoms. The Morgan fingerprint density at radius 1 is 1.38 bits per heavy atom. The first-order valence-corrected chi connectivity index (χ1v) is 8.92. The van der Waals surface area contributed by atoms with Gasteiger partial charge in [0.2, 0.25) is 0 Å². The average molecular weight is 321 g/mol. The molecule has 0 spiro atoms. The summed E-state index contributed by atoms with van der Waals surface area (Å²) < 4.78 is 0. The number of aryl methyl sites for hydroxylation is 1. The number of hydrogen-bond acceptors (Lipinski definition) is 3. The number of benzene rings is 1. The number of nitrogens with zero attached hydrogens (tertiary/aromatic N) is 1. The Morgan fingerprint density at radius 2 is 2.24 bits per heavy atom. The van der Waals surface area contributed by atoms with Gasteiger partial charge in [0.05, 0.1) is 10.7 Å². The van der Waals surface area contributed by atoms with Gasteiger partial charge in [-0.3, -0.25) is 0 Å². The van der Waals surface area contributed by atoms with Crippen LogP contribution in [0.5, 0.6) is 0 Å². The predicted octanol–water partition coefficient (Wildman–Crippen LogP) is 4.76. The van der Waals surface area contributed by atoms with Gasteiger partial charge in [-0.05, 0) is 43.9 Å². The topological polar surface area (TPSA) is 24.9 Å². The second kappa shape index (κ2) is 6.91. The SMILES string of the molecule is CCCNC1CCCc2nc(Cc3ccccc3Cl)sc21. The molecule has 1 aliphatic rings. The molecule has 1 heterocycles. The number of fused-ring (bicyclic) bond motifs is 1. The molecule has 1 aliphatic carbocycles. The van der Waals surface area contributed by atoms with E-state index in [2.05, 4.69) is 18.3 Å². The van der Waals surface area contributed by atoms with Gasteiger partial charge in [0.25, 0.3) is 0 Å². The maximum absolute atomic E-state index is 6.26. The molecule has 4 heteroatoms. The summed E-state index contributed by atoms with van der Waals surface area (Å²) in [5.74, 6) is 0. The maximum Gasteiger partial charge on any atom is 0.0976 e. The van der Waals surface area contributed by atoms with Crippen molar-refractivity contribution in [2.24, 2.45) is 0 Å². The predicted molar refractivity (Wildman–Crippen MR) is 90.3 cm³/mol. The van der Waals surface area contributed by atoms with Crippen molar-refractivity contribution < 1.29 is 0 Å². The van der Waals surface area contributed by atoms with Gasteiger partial charge in [-0.2, -0.15) is 0 Å². The van der Waals surface area contributed by atoms with Crippen LogP contribution >= 0.6 is 22.9 Å². The molecule has 0 fully saturated rings. The number of rotatable bonds is 5. The van der Waals surface area contributed by atoms with E-state index in [1.54, 1.807) is 0 Å². The van der Waals surface area contributed by atoms with Crippen molar-refractivity contribution in [1.82, 2.24) is 10.3 Å². The highest BCUT2D eigenvalue weighted by atomic mass is 35.5. The van der Waals surface area contributed by atoms with Gasteiger partial charge in [0.15, 0.2) is 0 Å². The summed E-state index contributed by atoms with van der Waals surface area (Å²) in [5, 5.41) is 5.69. The molecule has 1 aromatic heterocycles. The van der Waals surface area contributed by atoms with Crippen molar-refractivity contribution in [2.75, 3.05) is 6.54 Å². The zero-order valence-corrected chi connectivity index (χ0v) is 13.9. The molecule has 21 heavy (non-hydrogen) atoms. The van der Waals surface area contributed by atoms with E-state index in [9.17, 15) is 0 Å². The molecule has 2 aromatic rings. The molecular weight excluding hydrogens is 300 g/mol. The lowest BCUT2D eigenvalue weighted by atomic mass is 9.98. The first-order valence-electron chi connectivity index (χ1n) is 7.73. The average Bonchev–Trinajstić information content (AvgIpc) is 2.90. The summed E-state index contributed by atoms with van der Waals surface area (Å²) >= 11 is 8.13. The molecule has 0 amide bonds. The van der Waals surface area contributed by atoms with Crippen LogP contribution in [0.15, 0.2) is 24.3 Å². The van der Waals surface area contributed by atoms with E-state index in [1.807, 2.05) is 29.5 Å². The van der Waals surface area contributed by atoms with E-state index >= 15 is 0 Å². The van der Waals surface area contributed by atoms with Crippen LogP contribution in [0, 0.1) is 0 Å². The molecule has 1 atom stereocenters. The molecule has 1 N–H and O–H groups in total. The maximum atomic E-state index is 6.26. The number of aromatic nitrogens is 1. The van der Waals surface area contributed by atoms with Crippen LogP contribution in [0.4, 0.5) is 0 Å². The Bertz CT molecular complexity index is 609. The van der Waals surface area contributed by atoms with E-state index in [4.69, 9.17) is 16.6 Å². The van der Waals surface area contributed by atoms with Gasteiger partial charge in [-0.1, -0.05) is 36.7 Å². The van der Waals surface area contributed by atoms with Crippen molar-refractivity contribution in [3.63, 3.8) is 0 Å². The minimum Gasteiger partial charge on any atom is -0.309 e. The fourth-order valence-electron chi connectivity index (χ4n) is 2.86. The summed E-state index contributed by atoms with van der Waals surface area (Å²) in [7, 11) is 0. The van der Waals surface area contributed by atoms with Gasteiger partial charge < -0.3 is 5.32 Å². The lowest BCUT2D eigenvalue weighted by molar-refractivity contribution is 0.464. The van der Waals surface area contributed by atoms with Gasteiger partial charge in [-0.25, -0.2) is 4.98 Å². The van der Waals surface area contributed by atoms with Gasteiger partial charge in [0.1, 0.15) is 0 Å².